The quantitative estimate of drug-likeness (QED) is 0.0243. The van der Waals surface area contributed by atoms with Gasteiger partial charge in [0.05, 0.1) is 39.9 Å². The number of aliphatic hydroxyl groups is 1. The number of unbranched alkanes of at least 4 members (excludes halogenated alkanes) is 39. The molecule has 0 saturated heterocycles. The number of quaternary nitrogens is 1. The van der Waals surface area contributed by atoms with E-state index in [4.69, 9.17) is 9.05 Å². The third-order valence-corrected chi connectivity index (χ3v) is 18.0. The molecule has 3 atom stereocenters. The van der Waals surface area contributed by atoms with E-state index in [-0.39, 0.29) is 19.1 Å². The zero-order chi connectivity index (χ0) is 65.5. The highest BCUT2D eigenvalue weighted by atomic mass is 31.2. The minimum absolute atomic E-state index is 0.0707. The summed E-state index contributed by atoms with van der Waals surface area (Å²) >= 11 is 0. The molecule has 0 rings (SSSR count). The van der Waals surface area contributed by atoms with Crippen molar-refractivity contribution in [2.75, 3.05) is 40.9 Å². The number of aliphatic hydroxyl groups excluding tert-OH is 1. The Balaban J connectivity index is 4.04. The van der Waals surface area contributed by atoms with Crippen LogP contribution in [0.25, 0.3) is 0 Å². The predicted molar refractivity (Wildman–Crippen MR) is 396 cm³/mol. The molecule has 0 bridgehead atoms. The van der Waals surface area contributed by atoms with E-state index in [0.29, 0.717) is 23.9 Å². The van der Waals surface area contributed by atoms with Gasteiger partial charge in [0.2, 0.25) is 5.91 Å². The lowest BCUT2D eigenvalue weighted by molar-refractivity contribution is -0.870. The summed E-state index contributed by atoms with van der Waals surface area (Å²) in [6.07, 6.45) is 104. The van der Waals surface area contributed by atoms with Crippen LogP contribution < -0.4 is 5.32 Å². The molecule has 90 heavy (non-hydrogen) atoms. The molecule has 0 spiro atoms. The van der Waals surface area contributed by atoms with Crippen LogP contribution in [0.1, 0.15) is 348 Å². The normalized spacial score (nSPS) is 14.2. The number of amides is 1. The molecule has 0 aromatic carbocycles. The fraction of sp³-hybridized carbons (Fsp3) is 0.765. The number of carbonyl (C=O) groups excluding carboxylic acids is 1. The molecule has 0 aliphatic rings. The first-order valence-corrected chi connectivity index (χ1v) is 39.7. The van der Waals surface area contributed by atoms with Crippen LogP contribution in [-0.4, -0.2) is 73.4 Å². The molecule has 0 heterocycles. The minimum Gasteiger partial charge on any atom is -0.391 e. The summed E-state index contributed by atoms with van der Waals surface area (Å²) in [6.45, 7) is 4.81. The van der Waals surface area contributed by atoms with E-state index in [2.05, 4.69) is 129 Å². The fourth-order valence-corrected chi connectivity index (χ4v) is 11.9. The molecular formula is C81H148N2O6P+. The summed E-state index contributed by atoms with van der Waals surface area (Å²) < 4.78 is 23.9. The van der Waals surface area contributed by atoms with Gasteiger partial charge < -0.3 is 19.8 Å². The average Bonchev–Trinajstić information content (AvgIpc) is 3.72. The van der Waals surface area contributed by atoms with Gasteiger partial charge in [0, 0.05) is 6.42 Å². The molecule has 8 nitrogen and oxygen atoms in total. The summed E-state index contributed by atoms with van der Waals surface area (Å²) in [5.41, 5.74) is 0. The lowest BCUT2D eigenvalue weighted by atomic mass is 10.0. The smallest absolute Gasteiger partial charge is 0.391 e. The maximum absolute atomic E-state index is 13.1. The Morgan fingerprint density at radius 3 is 0.978 bits per heavy atom. The third kappa shape index (κ3) is 72.6. The number of phosphoric ester groups is 1. The molecule has 3 N–H and O–H groups in total. The van der Waals surface area contributed by atoms with Crippen LogP contribution in [-0.2, 0) is 18.4 Å². The fourth-order valence-electron chi connectivity index (χ4n) is 11.2. The topological polar surface area (TPSA) is 105 Å². The van der Waals surface area contributed by atoms with Crippen molar-refractivity contribution in [2.45, 2.75) is 360 Å². The zero-order valence-electron chi connectivity index (χ0n) is 59.9. The second-order valence-corrected chi connectivity index (χ2v) is 28.5. The summed E-state index contributed by atoms with van der Waals surface area (Å²) in [5.74, 6) is -0.147. The SMILES string of the molecule is CC/C=C\C/C=C\C/C=C\C/C=C\C/C=C\C/C=C\C/C=C\C/C=C\C/C=C\CCCCCCCCCCCCCC(=O)NC(COP(=O)(O)OCC[N+](C)(C)C)C(O)CCCCCCCCCCCCCCCCCCCCCCCCCCCCCCC. The first kappa shape index (κ1) is 87.2. The highest BCUT2D eigenvalue weighted by molar-refractivity contribution is 7.47. The van der Waals surface area contributed by atoms with Gasteiger partial charge in [-0.25, -0.2) is 4.57 Å². The lowest BCUT2D eigenvalue weighted by Crippen LogP contribution is -2.46. The van der Waals surface area contributed by atoms with Crippen LogP contribution in [0, 0.1) is 0 Å². The lowest BCUT2D eigenvalue weighted by Gasteiger charge is -2.26. The van der Waals surface area contributed by atoms with Crippen molar-refractivity contribution in [2.24, 2.45) is 0 Å². The average molecular weight is 1280 g/mol. The summed E-state index contributed by atoms with van der Waals surface area (Å²) in [6, 6.07) is -0.771. The molecule has 1 amide bonds. The monoisotopic (exact) mass is 1280 g/mol. The van der Waals surface area contributed by atoms with Gasteiger partial charge in [-0.05, 0) is 83.5 Å². The Labute approximate surface area is 559 Å². The molecule has 0 saturated carbocycles. The van der Waals surface area contributed by atoms with Gasteiger partial charge in [-0.2, -0.15) is 0 Å². The van der Waals surface area contributed by atoms with Crippen LogP contribution in [0.15, 0.2) is 109 Å². The van der Waals surface area contributed by atoms with Crippen molar-refractivity contribution in [1.82, 2.24) is 5.32 Å². The van der Waals surface area contributed by atoms with Gasteiger partial charge in [-0.1, -0.05) is 367 Å². The van der Waals surface area contributed by atoms with E-state index >= 15 is 0 Å². The largest absolute Gasteiger partial charge is 0.472 e. The van der Waals surface area contributed by atoms with E-state index in [1.54, 1.807) is 0 Å². The van der Waals surface area contributed by atoms with Crippen molar-refractivity contribution < 1.29 is 32.9 Å². The Kier molecular flexibility index (Phi) is 68.3. The summed E-state index contributed by atoms with van der Waals surface area (Å²) in [7, 11) is 1.61. The van der Waals surface area contributed by atoms with Crippen LogP contribution in [0.4, 0.5) is 0 Å². The van der Waals surface area contributed by atoms with Gasteiger partial charge in [0.25, 0.3) is 0 Å². The van der Waals surface area contributed by atoms with E-state index in [9.17, 15) is 19.4 Å². The number of allylic oxidation sites excluding steroid dienone is 18. The van der Waals surface area contributed by atoms with Crippen molar-refractivity contribution in [1.29, 1.82) is 0 Å². The number of phosphoric acid groups is 1. The van der Waals surface area contributed by atoms with Crippen LogP contribution >= 0.6 is 7.82 Å². The second kappa shape index (κ2) is 70.5. The molecule has 3 unspecified atom stereocenters. The van der Waals surface area contributed by atoms with Crippen molar-refractivity contribution in [3.05, 3.63) is 109 Å². The number of rotatable bonds is 70. The van der Waals surface area contributed by atoms with Crippen molar-refractivity contribution >= 4 is 13.7 Å². The highest BCUT2D eigenvalue weighted by Crippen LogP contribution is 2.43. The Hall–Kier alpha value is -2.84. The van der Waals surface area contributed by atoms with Crippen LogP contribution in [0.3, 0.4) is 0 Å². The molecule has 0 aliphatic carbocycles. The van der Waals surface area contributed by atoms with Crippen molar-refractivity contribution in [3.8, 4) is 0 Å². The van der Waals surface area contributed by atoms with E-state index in [0.717, 1.165) is 96.3 Å². The number of carbonyl (C=O) groups is 1. The van der Waals surface area contributed by atoms with Gasteiger partial charge in [-0.3, -0.25) is 13.8 Å². The molecule has 0 fully saturated rings. The molecule has 0 aromatic heterocycles. The summed E-state index contributed by atoms with van der Waals surface area (Å²) in [4.78, 5) is 23.5. The standard InChI is InChI=1S/C81H147N2O6P/c1-6-8-10-12-14-16-18-20-22-24-26-28-30-32-34-36-37-38-39-40-41-42-43-44-45-47-49-51-53-55-57-59-61-63-65-67-69-71-73-75-81(85)82-79(78-89-90(86,87)88-77-76-83(3,4)5)80(84)74-72-70-68-66-64-62-60-58-56-54-52-50-48-46-35-33-31-29-27-25-23-21-19-17-15-13-11-9-7-2/h8,10,14,16,20,22,26,28,32,34,37-38,40-41,43-44,47,49,79-80,84H,6-7,9,11-13,15,17-19,21,23-25,27,29-31,33,35-36,39,42,45-46,48,50-78H2,1-5H3,(H-,82,85,86,87)/p+1/b10-8-,16-14-,22-20-,28-26-,34-32-,38-37-,41-40-,44-43-,49-47-. The maximum Gasteiger partial charge on any atom is 0.472 e. The molecule has 522 valence electrons. The zero-order valence-corrected chi connectivity index (χ0v) is 60.8. The second-order valence-electron chi connectivity index (χ2n) is 27.0. The third-order valence-electron chi connectivity index (χ3n) is 17.0. The molecule has 9 heteroatoms. The Morgan fingerprint density at radius 1 is 0.389 bits per heavy atom. The van der Waals surface area contributed by atoms with Gasteiger partial charge in [0.15, 0.2) is 0 Å². The highest BCUT2D eigenvalue weighted by Gasteiger charge is 2.28. The number of hydrogen-bond acceptors (Lipinski definition) is 5. The van der Waals surface area contributed by atoms with Gasteiger partial charge in [0.1, 0.15) is 13.2 Å². The van der Waals surface area contributed by atoms with E-state index in [1.807, 2.05) is 21.1 Å². The van der Waals surface area contributed by atoms with Gasteiger partial charge >= 0.3 is 7.82 Å². The molecule has 0 aliphatic heterocycles. The number of likely N-dealkylation sites (N-methyl/N-ethyl adjacent to an activating group) is 1. The number of nitrogens with one attached hydrogen (secondary N) is 1. The van der Waals surface area contributed by atoms with E-state index < -0.39 is 20.0 Å². The van der Waals surface area contributed by atoms with Crippen molar-refractivity contribution in [3.63, 3.8) is 0 Å². The number of nitrogens with zero attached hydrogens (tertiary/aromatic N) is 1. The molecular weight excluding hydrogens is 1130 g/mol. The molecule has 0 aromatic rings. The Morgan fingerprint density at radius 2 is 0.667 bits per heavy atom. The maximum atomic E-state index is 13.1. The van der Waals surface area contributed by atoms with E-state index in [1.165, 1.54) is 225 Å². The molecule has 0 radical (unpaired) electrons. The Bertz CT molecular complexity index is 1840. The van der Waals surface area contributed by atoms with Gasteiger partial charge in [-0.15, -0.1) is 0 Å². The van der Waals surface area contributed by atoms with Crippen LogP contribution in [0.5, 0.6) is 0 Å². The number of hydrogen-bond donors (Lipinski definition) is 3. The first-order valence-electron chi connectivity index (χ1n) is 38.3. The minimum atomic E-state index is -4.34. The predicted octanol–water partition coefficient (Wildman–Crippen LogP) is 25.0. The first-order chi connectivity index (χ1) is 44.0. The van der Waals surface area contributed by atoms with Crippen LogP contribution in [0.2, 0.25) is 0 Å². The summed E-state index contributed by atoms with van der Waals surface area (Å²) in [5, 5.41) is 14.2.